The zero-order valence-corrected chi connectivity index (χ0v) is 15.9. The predicted octanol–water partition coefficient (Wildman–Crippen LogP) is 2.78. The van der Waals surface area contributed by atoms with Gasteiger partial charge in [0.2, 0.25) is 5.91 Å². The third-order valence-electron chi connectivity index (χ3n) is 4.46. The molecule has 0 radical (unpaired) electrons. The van der Waals surface area contributed by atoms with Crippen LogP contribution in [0, 0.1) is 5.92 Å². The fraction of sp³-hybridized carbons (Fsp3) is 0.500. The van der Waals surface area contributed by atoms with E-state index in [1.54, 1.807) is 36.3 Å². The van der Waals surface area contributed by atoms with E-state index in [4.69, 9.17) is 9.47 Å². The van der Waals surface area contributed by atoms with Crippen LogP contribution < -0.4 is 14.4 Å². The van der Waals surface area contributed by atoms with Crippen LogP contribution in [-0.2, 0) is 14.6 Å². The monoisotopic (exact) mass is 367 g/mol. The van der Waals surface area contributed by atoms with E-state index in [0.29, 0.717) is 30.0 Å². The fourth-order valence-electron chi connectivity index (χ4n) is 3.00. The Morgan fingerprint density at radius 2 is 1.92 bits per heavy atom. The molecule has 1 amide bonds. The number of benzene rings is 1. The van der Waals surface area contributed by atoms with Crippen LogP contribution in [-0.4, -0.2) is 40.3 Å². The van der Waals surface area contributed by atoms with E-state index in [0.717, 1.165) is 0 Å². The molecule has 0 saturated carbocycles. The summed E-state index contributed by atoms with van der Waals surface area (Å²) in [5.74, 6) is 0.679. The number of carbonyl (C=O) groups is 1. The SMILES string of the molecule is CCC(CC)C(=O)N(c1ccc(OC)cc1OC)[C@H]1C=CS(=O)(=O)C1. The van der Waals surface area contributed by atoms with Crippen molar-refractivity contribution in [3.63, 3.8) is 0 Å². The summed E-state index contributed by atoms with van der Waals surface area (Å²) in [6.07, 6.45) is 2.94. The molecule has 1 aliphatic heterocycles. The third kappa shape index (κ3) is 4.15. The molecule has 1 heterocycles. The van der Waals surface area contributed by atoms with Crippen molar-refractivity contribution in [2.45, 2.75) is 32.7 Å². The van der Waals surface area contributed by atoms with E-state index in [2.05, 4.69) is 0 Å². The van der Waals surface area contributed by atoms with Gasteiger partial charge in [-0.3, -0.25) is 4.79 Å². The standard InChI is InChI=1S/C18H25NO5S/c1-5-13(6-2)18(20)19(14-9-10-25(21,22)12-14)16-8-7-15(23-3)11-17(16)24-4/h7-11,13-14H,5-6,12H2,1-4H3/t14-/m0/s1. The van der Waals surface area contributed by atoms with Gasteiger partial charge in [-0.15, -0.1) is 0 Å². The average molecular weight is 367 g/mol. The molecule has 2 rings (SSSR count). The molecule has 0 fully saturated rings. The van der Waals surface area contributed by atoms with E-state index in [-0.39, 0.29) is 17.6 Å². The number of amides is 1. The Bertz CT molecular complexity index is 753. The highest BCUT2D eigenvalue weighted by Crippen LogP contribution is 2.36. The van der Waals surface area contributed by atoms with Gasteiger partial charge in [0.25, 0.3) is 0 Å². The molecular formula is C18H25NO5S. The van der Waals surface area contributed by atoms with Crippen molar-refractivity contribution in [3.05, 3.63) is 29.7 Å². The first-order chi connectivity index (χ1) is 11.9. The first-order valence-corrected chi connectivity index (χ1v) is 10.0. The van der Waals surface area contributed by atoms with E-state index in [9.17, 15) is 13.2 Å². The number of anilines is 1. The molecule has 0 spiro atoms. The maximum absolute atomic E-state index is 13.1. The van der Waals surface area contributed by atoms with Gasteiger partial charge in [-0.25, -0.2) is 8.42 Å². The lowest BCUT2D eigenvalue weighted by molar-refractivity contribution is -0.122. The van der Waals surface area contributed by atoms with Crippen molar-refractivity contribution >= 4 is 21.4 Å². The average Bonchev–Trinajstić information content (AvgIpc) is 2.96. The Morgan fingerprint density at radius 1 is 1.24 bits per heavy atom. The number of sulfone groups is 1. The van der Waals surface area contributed by atoms with Gasteiger partial charge in [-0.1, -0.05) is 13.8 Å². The molecule has 6 nitrogen and oxygen atoms in total. The predicted molar refractivity (Wildman–Crippen MR) is 97.8 cm³/mol. The zero-order chi connectivity index (χ0) is 18.6. The lowest BCUT2D eigenvalue weighted by Crippen LogP contribution is -2.44. The lowest BCUT2D eigenvalue weighted by Gasteiger charge is -2.32. The molecule has 0 unspecified atom stereocenters. The number of carbonyl (C=O) groups excluding carboxylic acids is 1. The molecule has 25 heavy (non-hydrogen) atoms. The minimum absolute atomic E-state index is 0.0970. The van der Waals surface area contributed by atoms with Crippen LogP contribution in [0.5, 0.6) is 11.5 Å². The molecule has 1 atom stereocenters. The number of hydrogen-bond acceptors (Lipinski definition) is 5. The highest BCUT2D eigenvalue weighted by atomic mass is 32.2. The second-order valence-electron chi connectivity index (χ2n) is 5.98. The van der Waals surface area contributed by atoms with Gasteiger partial charge in [0, 0.05) is 17.4 Å². The highest BCUT2D eigenvalue weighted by molar-refractivity contribution is 7.94. The molecule has 1 aromatic carbocycles. The fourth-order valence-corrected chi connectivity index (χ4v) is 4.27. The summed E-state index contributed by atoms with van der Waals surface area (Å²) in [5, 5.41) is 1.18. The van der Waals surface area contributed by atoms with Gasteiger partial charge < -0.3 is 14.4 Å². The van der Waals surface area contributed by atoms with Gasteiger partial charge in [0.15, 0.2) is 9.84 Å². The van der Waals surface area contributed by atoms with E-state index in [1.165, 1.54) is 12.5 Å². The van der Waals surface area contributed by atoms with Crippen molar-refractivity contribution in [2.24, 2.45) is 5.92 Å². The van der Waals surface area contributed by atoms with Crippen LogP contribution in [0.2, 0.25) is 0 Å². The highest BCUT2D eigenvalue weighted by Gasteiger charge is 2.35. The number of nitrogens with zero attached hydrogens (tertiary/aromatic N) is 1. The van der Waals surface area contributed by atoms with Crippen molar-refractivity contribution in [1.82, 2.24) is 0 Å². The van der Waals surface area contributed by atoms with Crippen LogP contribution in [0.15, 0.2) is 29.7 Å². The normalized spacial score (nSPS) is 18.4. The quantitative estimate of drug-likeness (QED) is 0.741. The van der Waals surface area contributed by atoms with E-state index >= 15 is 0 Å². The molecular weight excluding hydrogens is 342 g/mol. The number of rotatable bonds is 7. The topological polar surface area (TPSA) is 72.9 Å². The summed E-state index contributed by atoms with van der Waals surface area (Å²) < 4.78 is 34.4. The van der Waals surface area contributed by atoms with Crippen LogP contribution in [0.3, 0.4) is 0 Å². The minimum Gasteiger partial charge on any atom is -0.497 e. The molecule has 7 heteroatoms. The largest absolute Gasteiger partial charge is 0.497 e. The molecule has 0 saturated heterocycles. The minimum atomic E-state index is -3.29. The van der Waals surface area contributed by atoms with Gasteiger partial charge in [-0.05, 0) is 31.1 Å². The van der Waals surface area contributed by atoms with E-state index in [1.807, 2.05) is 13.8 Å². The van der Waals surface area contributed by atoms with Crippen LogP contribution in [0.1, 0.15) is 26.7 Å². The van der Waals surface area contributed by atoms with Gasteiger partial charge in [0.05, 0.1) is 31.7 Å². The Hall–Kier alpha value is -2.02. The summed E-state index contributed by atoms with van der Waals surface area (Å²) in [6.45, 7) is 3.91. The van der Waals surface area contributed by atoms with Gasteiger partial charge >= 0.3 is 0 Å². The maximum atomic E-state index is 13.1. The van der Waals surface area contributed by atoms with Crippen molar-refractivity contribution < 1.29 is 22.7 Å². The van der Waals surface area contributed by atoms with Crippen LogP contribution in [0.4, 0.5) is 5.69 Å². The first-order valence-electron chi connectivity index (χ1n) is 8.32. The van der Waals surface area contributed by atoms with Gasteiger partial charge in [0.1, 0.15) is 11.5 Å². The Kier molecular flexibility index (Phi) is 6.11. The summed E-state index contributed by atoms with van der Waals surface area (Å²) in [6, 6.07) is 4.62. The van der Waals surface area contributed by atoms with Crippen LogP contribution >= 0.6 is 0 Å². The van der Waals surface area contributed by atoms with Crippen molar-refractivity contribution in [2.75, 3.05) is 24.9 Å². The van der Waals surface area contributed by atoms with Crippen molar-refractivity contribution in [3.8, 4) is 11.5 Å². The smallest absolute Gasteiger partial charge is 0.230 e. The third-order valence-corrected chi connectivity index (χ3v) is 5.84. The summed E-state index contributed by atoms with van der Waals surface area (Å²) in [7, 11) is -0.231. The molecule has 0 aromatic heterocycles. The first kappa shape index (κ1) is 19.3. The molecule has 0 aliphatic carbocycles. The maximum Gasteiger partial charge on any atom is 0.230 e. The summed E-state index contributed by atoms with van der Waals surface area (Å²) in [5.41, 5.74) is 0.548. The number of methoxy groups -OCH3 is 2. The lowest BCUT2D eigenvalue weighted by atomic mass is 10.00. The molecule has 1 aliphatic rings. The molecule has 0 N–H and O–H groups in total. The Labute approximate surface area is 149 Å². The summed E-state index contributed by atoms with van der Waals surface area (Å²) >= 11 is 0. The zero-order valence-electron chi connectivity index (χ0n) is 15.1. The number of ether oxygens (including phenoxy) is 2. The number of hydrogen-bond donors (Lipinski definition) is 0. The second-order valence-corrected chi connectivity index (χ2v) is 7.92. The van der Waals surface area contributed by atoms with Crippen molar-refractivity contribution in [1.29, 1.82) is 0 Å². The van der Waals surface area contributed by atoms with Gasteiger partial charge in [-0.2, -0.15) is 0 Å². The molecule has 0 bridgehead atoms. The van der Waals surface area contributed by atoms with E-state index < -0.39 is 15.9 Å². The molecule has 138 valence electrons. The summed E-state index contributed by atoms with van der Waals surface area (Å²) in [4.78, 5) is 14.7. The second kappa shape index (κ2) is 7.91. The Morgan fingerprint density at radius 3 is 2.40 bits per heavy atom. The van der Waals surface area contributed by atoms with Crippen LogP contribution in [0.25, 0.3) is 0 Å². The molecule has 1 aromatic rings. The Balaban J connectivity index is 2.52.